The van der Waals surface area contributed by atoms with Crippen LogP contribution in [0.1, 0.15) is 46.8 Å². The van der Waals surface area contributed by atoms with Crippen LogP contribution in [0.3, 0.4) is 0 Å². The Labute approximate surface area is 259 Å². The summed E-state index contributed by atoms with van der Waals surface area (Å²) in [5, 5.41) is 8.28. The fourth-order valence-electron chi connectivity index (χ4n) is 6.64. The summed E-state index contributed by atoms with van der Waals surface area (Å²) in [5.41, 5.74) is 12.9. The maximum absolute atomic E-state index is 12.9. The lowest BCUT2D eigenvalue weighted by molar-refractivity contribution is 0.0701. The molecule has 1 aliphatic heterocycles. The normalized spacial score (nSPS) is 16.7. The molecule has 11 nitrogen and oxygen atoms in total. The predicted molar refractivity (Wildman–Crippen MR) is 171 cm³/mol. The molecule has 0 radical (unpaired) electrons. The van der Waals surface area contributed by atoms with Gasteiger partial charge in [0.1, 0.15) is 11.3 Å². The molecule has 1 saturated heterocycles. The smallest absolute Gasteiger partial charge is 0.253 e. The lowest BCUT2D eigenvalue weighted by Crippen LogP contribution is -2.45. The number of hydrogen-bond acceptors (Lipinski definition) is 8. The Balaban J connectivity index is 1.07. The Morgan fingerprint density at radius 3 is 2.58 bits per heavy atom. The van der Waals surface area contributed by atoms with Gasteiger partial charge >= 0.3 is 0 Å². The van der Waals surface area contributed by atoms with E-state index in [1.54, 1.807) is 41.6 Å². The summed E-state index contributed by atoms with van der Waals surface area (Å²) in [6.07, 6.45) is 12.5. The molecule has 0 spiro atoms. The molecule has 45 heavy (non-hydrogen) atoms. The van der Waals surface area contributed by atoms with Gasteiger partial charge in [-0.3, -0.25) is 14.3 Å². The predicted octanol–water partition coefficient (Wildman–Crippen LogP) is 4.53. The Bertz CT molecular complexity index is 2000. The van der Waals surface area contributed by atoms with E-state index in [1.807, 2.05) is 41.4 Å². The van der Waals surface area contributed by atoms with Crippen LogP contribution in [-0.2, 0) is 6.42 Å². The second-order valence-corrected chi connectivity index (χ2v) is 11.6. The van der Waals surface area contributed by atoms with Crippen LogP contribution in [0.5, 0.6) is 0 Å². The summed E-state index contributed by atoms with van der Waals surface area (Å²) in [7, 11) is 0. The van der Waals surface area contributed by atoms with E-state index in [0.717, 1.165) is 61.2 Å². The molecular weight excluding hydrogens is 564 g/mol. The second-order valence-electron chi connectivity index (χ2n) is 11.6. The maximum Gasteiger partial charge on any atom is 0.253 e. The minimum absolute atomic E-state index is 0.0836. The molecule has 1 atom stereocenters. The van der Waals surface area contributed by atoms with Gasteiger partial charge < -0.3 is 16.0 Å². The first-order chi connectivity index (χ1) is 22.1. The summed E-state index contributed by atoms with van der Waals surface area (Å²) < 4.78 is 3.82. The number of pyridine rings is 3. The number of nitrogens with one attached hydrogen (secondary N) is 1. The van der Waals surface area contributed by atoms with Crippen LogP contribution in [-0.4, -0.2) is 64.2 Å². The van der Waals surface area contributed by atoms with Gasteiger partial charge in [-0.05, 0) is 91.4 Å². The first-order valence-electron chi connectivity index (χ1n) is 15.3. The Hall–Kier alpha value is -5.42. The summed E-state index contributed by atoms with van der Waals surface area (Å²) in [5.74, 6) is 1.90. The zero-order chi connectivity index (χ0) is 30.3. The molecule has 1 aromatic carbocycles. The van der Waals surface area contributed by atoms with E-state index in [0.29, 0.717) is 29.1 Å². The largest absolute Gasteiger partial charge is 0.383 e. The number of aryl methyl sites for hydroxylation is 1. The van der Waals surface area contributed by atoms with Crippen molar-refractivity contribution in [3.05, 3.63) is 108 Å². The van der Waals surface area contributed by atoms with Crippen LogP contribution in [0.2, 0.25) is 0 Å². The molecule has 6 aromatic rings. The number of hydrogen-bond donors (Lipinski definition) is 2. The van der Waals surface area contributed by atoms with Crippen LogP contribution in [0, 0.1) is 0 Å². The Morgan fingerprint density at radius 1 is 0.911 bits per heavy atom. The lowest BCUT2D eigenvalue weighted by atomic mass is 10.0. The highest BCUT2D eigenvalue weighted by Crippen LogP contribution is 2.36. The number of benzene rings is 1. The number of nitrogen functional groups attached to an aromatic ring is 1. The SMILES string of the molecule is Nc1ncccc1-c1nc2ccc(-n3cccn3)nc2n1-c1ccc2c(c1)CCC2NC1CCN(C(=O)c2ccncc2)CC1. The zero-order valence-corrected chi connectivity index (χ0v) is 24.6. The molecule has 2 aliphatic rings. The van der Waals surface area contributed by atoms with E-state index < -0.39 is 0 Å². The van der Waals surface area contributed by atoms with Gasteiger partial charge in [0.15, 0.2) is 17.3 Å². The number of amides is 1. The van der Waals surface area contributed by atoms with Crippen LogP contribution < -0.4 is 11.1 Å². The molecule has 11 heteroatoms. The highest BCUT2D eigenvalue weighted by atomic mass is 16.2. The third-order valence-corrected chi connectivity index (χ3v) is 8.92. The highest BCUT2D eigenvalue weighted by Gasteiger charge is 2.29. The molecule has 1 amide bonds. The molecule has 1 fully saturated rings. The van der Waals surface area contributed by atoms with Crippen molar-refractivity contribution in [2.45, 2.75) is 37.8 Å². The zero-order valence-electron chi connectivity index (χ0n) is 24.6. The van der Waals surface area contributed by atoms with Crippen molar-refractivity contribution < 1.29 is 4.79 Å². The number of piperidine rings is 1. The monoisotopic (exact) mass is 596 g/mol. The van der Waals surface area contributed by atoms with Gasteiger partial charge in [-0.15, -0.1) is 0 Å². The second kappa shape index (κ2) is 11.3. The number of rotatable bonds is 6. The quantitative estimate of drug-likeness (QED) is 0.287. The standard InChI is InChI=1S/C34H32N10O/c35-31-27(3-1-14-37-31)32-40-29-8-9-30(43-18-2-15-38-43)41-33(29)44(32)25-5-6-26-23(21-25)4-7-28(26)39-24-12-19-42(20-13-24)34(45)22-10-16-36-17-11-22/h1-3,5-6,8-11,14-18,21,24,28,39H,4,7,12-13,19-20H2,(H2,35,37). The van der Waals surface area contributed by atoms with Crippen molar-refractivity contribution in [3.63, 3.8) is 0 Å². The molecule has 224 valence electrons. The minimum atomic E-state index is 0.0836. The minimum Gasteiger partial charge on any atom is -0.383 e. The molecule has 8 rings (SSSR count). The summed E-state index contributed by atoms with van der Waals surface area (Å²) in [6.45, 7) is 1.50. The average molecular weight is 597 g/mol. The van der Waals surface area contributed by atoms with Crippen LogP contribution >= 0.6 is 0 Å². The van der Waals surface area contributed by atoms with Crippen LogP contribution in [0.25, 0.3) is 34.1 Å². The van der Waals surface area contributed by atoms with Crippen LogP contribution in [0.15, 0.2) is 91.6 Å². The Kier molecular flexibility index (Phi) is 6.79. The number of fused-ring (bicyclic) bond motifs is 2. The van der Waals surface area contributed by atoms with E-state index >= 15 is 0 Å². The summed E-state index contributed by atoms with van der Waals surface area (Å²) in [4.78, 5) is 33.2. The number of carbonyl (C=O) groups is 1. The topological polar surface area (TPSA) is 133 Å². The Morgan fingerprint density at radius 2 is 1.78 bits per heavy atom. The number of likely N-dealkylation sites (tertiary alicyclic amines) is 1. The third-order valence-electron chi connectivity index (χ3n) is 8.92. The number of imidazole rings is 1. The van der Waals surface area contributed by atoms with Gasteiger partial charge in [-0.2, -0.15) is 5.10 Å². The van der Waals surface area contributed by atoms with Gasteiger partial charge in [0.05, 0.1) is 5.56 Å². The van der Waals surface area contributed by atoms with Gasteiger partial charge in [0.2, 0.25) is 0 Å². The maximum atomic E-state index is 12.9. The van der Waals surface area contributed by atoms with E-state index in [4.69, 9.17) is 15.7 Å². The van der Waals surface area contributed by atoms with E-state index in [-0.39, 0.29) is 11.9 Å². The first-order valence-corrected chi connectivity index (χ1v) is 15.3. The van der Waals surface area contributed by atoms with Gasteiger partial charge in [-0.25, -0.2) is 19.6 Å². The molecule has 5 aromatic heterocycles. The van der Waals surface area contributed by atoms with E-state index in [9.17, 15) is 4.79 Å². The molecule has 1 unspecified atom stereocenters. The average Bonchev–Trinajstić information content (AvgIpc) is 3.84. The fraction of sp³-hybridized carbons (Fsp3) is 0.235. The van der Waals surface area contributed by atoms with Crippen molar-refractivity contribution in [2.75, 3.05) is 18.8 Å². The van der Waals surface area contributed by atoms with Crippen molar-refractivity contribution in [2.24, 2.45) is 0 Å². The number of nitrogens with two attached hydrogens (primary N) is 1. The highest BCUT2D eigenvalue weighted by molar-refractivity contribution is 5.94. The molecule has 0 bridgehead atoms. The van der Waals surface area contributed by atoms with Crippen molar-refractivity contribution >= 4 is 22.9 Å². The molecular formula is C34H32N10O. The van der Waals surface area contributed by atoms with Gasteiger partial charge in [-0.1, -0.05) is 6.07 Å². The van der Waals surface area contributed by atoms with Gasteiger partial charge in [0, 0.05) is 67.4 Å². The molecule has 1 aliphatic carbocycles. The van der Waals surface area contributed by atoms with Gasteiger partial charge in [0.25, 0.3) is 5.91 Å². The molecule has 6 heterocycles. The van der Waals surface area contributed by atoms with Crippen LogP contribution in [0.4, 0.5) is 5.82 Å². The van der Waals surface area contributed by atoms with Crippen molar-refractivity contribution in [1.29, 1.82) is 0 Å². The number of nitrogens with zero attached hydrogens (tertiary/aromatic N) is 8. The van der Waals surface area contributed by atoms with E-state index in [2.05, 4.69) is 43.1 Å². The summed E-state index contributed by atoms with van der Waals surface area (Å²) >= 11 is 0. The number of anilines is 1. The van der Waals surface area contributed by atoms with E-state index in [1.165, 1.54) is 11.1 Å². The molecule has 0 saturated carbocycles. The first kappa shape index (κ1) is 27.2. The summed E-state index contributed by atoms with van der Waals surface area (Å²) in [6, 6.07) is 20.4. The van der Waals surface area contributed by atoms with Crippen molar-refractivity contribution in [3.8, 4) is 22.9 Å². The van der Waals surface area contributed by atoms with Crippen molar-refractivity contribution in [1.82, 2.24) is 44.5 Å². The lowest BCUT2D eigenvalue weighted by Gasteiger charge is -2.34. The number of carbonyl (C=O) groups excluding carboxylic acids is 1. The third kappa shape index (κ3) is 5.00. The number of aromatic nitrogens is 7. The molecule has 3 N–H and O–H groups in total. The fourth-order valence-corrected chi connectivity index (χ4v) is 6.64.